The van der Waals surface area contributed by atoms with Gasteiger partial charge in [-0.3, -0.25) is 4.99 Å². The number of hydrogen-bond donors (Lipinski definition) is 2. The Morgan fingerprint density at radius 2 is 2.14 bits per heavy atom. The summed E-state index contributed by atoms with van der Waals surface area (Å²) < 4.78 is 5.29. The Morgan fingerprint density at radius 3 is 2.89 bits per heavy atom. The van der Waals surface area contributed by atoms with Crippen LogP contribution in [0.5, 0.6) is 5.75 Å². The van der Waals surface area contributed by atoms with E-state index in [-0.39, 0.29) is 5.92 Å². The molecule has 4 rings (SSSR count). The maximum Gasteiger partial charge on any atom is 0.121 e. The number of aromatic amines is 1. The molecule has 28 heavy (non-hydrogen) atoms. The first kappa shape index (κ1) is 19.0. The number of aromatic nitrogens is 2. The summed E-state index contributed by atoms with van der Waals surface area (Å²) in [5.74, 6) is 3.90. The van der Waals surface area contributed by atoms with Gasteiger partial charge in [-0.1, -0.05) is 6.08 Å². The van der Waals surface area contributed by atoms with Crippen LogP contribution in [0.2, 0.25) is 0 Å². The lowest BCUT2D eigenvalue weighted by atomic mass is 9.92. The molecule has 0 spiro atoms. The molecule has 0 amide bonds. The topological polar surface area (TPSA) is 65.5 Å². The number of hydrogen-bond acceptors (Lipinski definition) is 5. The van der Waals surface area contributed by atoms with Gasteiger partial charge in [-0.2, -0.15) is 0 Å². The Kier molecular flexibility index (Phi) is 5.95. The highest BCUT2D eigenvalue weighted by molar-refractivity contribution is 5.93. The van der Waals surface area contributed by atoms with Gasteiger partial charge in [-0.15, -0.1) is 0 Å². The number of benzene rings is 1. The van der Waals surface area contributed by atoms with E-state index in [4.69, 9.17) is 14.7 Å². The van der Waals surface area contributed by atoms with Crippen LogP contribution in [-0.4, -0.2) is 61.0 Å². The smallest absolute Gasteiger partial charge is 0.121 e. The molecule has 0 saturated carbocycles. The fraction of sp³-hybridized carbons (Fsp3) is 0.545. The van der Waals surface area contributed by atoms with E-state index >= 15 is 0 Å². The summed E-state index contributed by atoms with van der Waals surface area (Å²) in [5.41, 5.74) is 1.97. The van der Waals surface area contributed by atoms with Crippen LogP contribution < -0.4 is 10.1 Å². The maximum atomic E-state index is 5.29. The third kappa shape index (κ3) is 4.55. The van der Waals surface area contributed by atoms with Crippen molar-refractivity contribution in [2.24, 2.45) is 10.9 Å². The van der Waals surface area contributed by atoms with Gasteiger partial charge in [0.05, 0.1) is 30.6 Å². The summed E-state index contributed by atoms with van der Waals surface area (Å²) in [7, 11) is 3.90. The number of nitrogens with one attached hydrogen (secondary N) is 2. The molecule has 3 heterocycles. The average molecular weight is 382 g/mol. The van der Waals surface area contributed by atoms with E-state index in [0.717, 1.165) is 47.5 Å². The van der Waals surface area contributed by atoms with E-state index in [1.807, 2.05) is 18.2 Å². The molecule has 6 heteroatoms. The lowest BCUT2D eigenvalue weighted by Crippen LogP contribution is -2.31. The first-order chi connectivity index (χ1) is 13.7. The molecule has 1 aromatic carbocycles. The summed E-state index contributed by atoms with van der Waals surface area (Å²) in [6.45, 7) is 4.24. The molecular weight excluding hydrogens is 350 g/mol. The number of H-pyrrole nitrogens is 1. The fourth-order valence-electron chi connectivity index (χ4n) is 4.08. The second-order valence-electron chi connectivity index (χ2n) is 8.01. The Labute approximate surface area is 167 Å². The Bertz CT molecular complexity index is 848. The minimum Gasteiger partial charge on any atom is -0.497 e. The highest BCUT2D eigenvalue weighted by Gasteiger charge is 2.17. The maximum absolute atomic E-state index is 5.29. The average Bonchev–Trinajstić information content (AvgIpc) is 3.16. The molecule has 0 aliphatic carbocycles. The van der Waals surface area contributed by atoms with Crippen molar-refractivity contribution in [3.05, 3.63) is 36.2 Å². The van der Waals surface area contributed by atoms with Crippen LogP contribution in [0.25, 0.3) is 11.0 Å². The number of nitrogens with zero attached hydrogens (tertiary/aromatic N) is 3. The van der Waals surface area contributed by atoms with Crippen molar-refractivity contribution in [2.45, 2.75) is 31.6 Å². The van der Waals surface area contributed by atoms with Gasteiger partial charge >= 0.3 is 0 Å². The molecule has 150 valence electrons. The molecule has 1 atom stereocenters. The van der Waals surface area contributed by atoms with Crippen LogP contribution in [0.1, 0.15) is 37.4 Å². The standard InChI is InChI=1S/C22H31N5O/c1-27-12-9-16(10-13-27)4-3-11-23-21-8-5-17(15-24-21)22-25-19-7-6-18(28-2)14-20(19)26-22/h5-8,14,16-17H,3-4,9-13,15H2,1-2H3,(H,23,24)(H,25,26). The van der Waals surface area contributed by atoms with Crippen molar-refractivity contribution >= 4 is 16.9 Å². The quantitative estimate of drug-likeness (QED) is 0.753. The molecule has 2 aliphatic rings. The molecule has 2 aromatic rings. The molecular formula is C22H31N5O. The minimum absolute atomic E-state index is 0.197. The number of aliphatic imine (C=N–C) groups is 1. The van der Waals surface area contributed by atoms with E-state index in [9.17, 15) is 0 Å². The molecule has 0 radical (unpaired) electrons. The Balaban J connectivity index is 1.24. The van der Waals surface area contributed by atoms with E-state index in [1.54, 1.807) is 7.11 Å². The number of methoxy groups -OCH3 is 1. The molecule has 2 aliphatic heterocycles. The van der Waals surface area contributed by atoms with Gasteiger partial charge < -0.3 is 19.9 Å². The molecule has 1 aromatic heterocycles. The number of fused-ring (bicyclic) bond motifs is 1. The summed E-state index contributed by atoms with van der Waals surface area (Å²) in [4.78, 5) is 15.3. The third-order valence-corrected chi connectivity index (χ3v) is 5.94. The molecule has 1 saturated heterocycles. The monoisotopic (exact) mass is 381 g/mol. The van der Waals surface area contributed by atoms with Gasteiger partial charge in [0, 0.05) is 12.6 Å². The summed E-state index contributed by atoms with van der Waals surface area (Å²) in [6.07, 6.45) is 9.53. The number of amidine groups is 1. The van der Waals surface area contributed by atoms with Crippen LogP contribution in [0.3, 0.4) is 0 Å². The zero-order valence-electron chi connectivity index (χ0n) is 16.9. The van der Waals surface area contributed by atoms with E-state index < -0.39 is 0 Å². The van der Waals surface area contributed by atoms with Gasteiger partial charge in [-0.05, 0) is 69.9 Å². The minimum atomic E-state index is 0.197. The van der Waals surface area contributed by atoms with Crippen molar-refractivity contribution in [3.8, 4) is 5.75 Å². The van der Waals surface area contributed by atoms with Crippen molar-refractivity contribution in [3.63, 3.8) is 0 Å². The summed E-state index contributed by atoms with van der Waals surface area (Å²) in [6, 6.07) is 5.91. The van der Waals surface area contributed by atoms with Crippen molar-refractivity contribution in [1.29, 1.82) is 0 Å². The fourth-order valence-corrected chi connectivity index (χ4v) is 4.08. The van der Waals surface area contributed by atoms with Crippen LogP contribution in [0, 0.1) is 5.92 Å². The molecule has 2 N–H and O–H groups in total. The number of piperidine rings is 1. The molecule has 0 bridgehead atoms. The molecule has 1 fully saturated rings. The van der Waals surface area contributed by atoms with Gasteiger partial charge in [-0.25, -0.2) is 4.98 Å². The van der Waals surface area contributed by atoms with E-state index in [0.29, 0.717) is 0 Å². The summed E-state index contributed by atoms with van der Waals surface area (Å²) >= 11 is 0. The van der Waals surface area contributed by atoms with Crippen LogP contribution in [-0.2, 0) is 0 Å². The number of imidazole rings is 1. The lowest BCUT2D eigenvalue weighted by molar-refractivity contribution is 0.210. The third-order valence-electron chi connectivity index (χ3n) is 5.94. The summed E-state index contributed by atoms with van der Waals surface area (Å²) in [5, 5.41) is 3.49. The predicted octanol–water partition coefficient (Wildman–Crippen LogP) is 3.34. The van der Waals surface area contributed by atoms with Crippen molar-refractivity contribution in [1.82, 2.24) is 20.2 Å². The van der Waals surface area contributed by atoms with Gasteiger partial charge in [0.1, 0.15) is 17.4 Å². The lowest BCUT2D eigenvalue weighted by Gasteiger charge is -2.28. The van der Waals surface area contributed by atoms with E-state index in [1.165, 1.54) is 38.8 Å². The second-order valence-corrected chi connectivity index (χ2v) is 8.01. The Morgan fingerprint density at radius 1 is 1.29 bits per heavy atom. The largest absolute Gasteiger partial charge is 0.497 e. The van der Waals surface area contributed by atoms with Crippen LogP contribution in [0.4, 0.5) is 0 Å². The number of dihydropyridines is 1. The highest BCUT2D eigenvalue weighted by Crippen LogP contribution is 2.24. The zero-order valence-corrected chi connectivity index (χ0v) is 16.9. The molecule has 6 nitrogen and oxygen atoms in total. The highest BCUT2D eigenvalue weighted by atomic mass is 16.5. The van der Waals surface area contributed by atoms with Crippen LogP contribution >= 0.6 is 0 Å². The zero-order chi connectivity index (χ0) is 19.3. The van der Waals surface area contributed by atoms with Crippen molar-refractivity contribution < 1.29 is 4.74 Å². The normalized spacial score (nSPS) is 21.1. The number of rotatable bonds is 6. The van der Waals surface area contributed by atoms with Gasteiger partial charge in [0.15, 0.2) is 0 Å². The number of likely N-dealkylation sites (tertiary alicyclic amines) is 1. The van der Waals surface area contributed by atoms with Gasteiger partial charge in [0.25, 0.3) is 0 Å². The second kappa shape index (κ2) is 8.78. The number of ether oxygens (including phenoxy) is 1. The van der Waals surface area contributed by atoms with Crippen molar-refractivity contribution in [2.75, 3.05) is 40.3 Å². The first-order valence-corrected chi connectivity index (χ1v) is 10.4. The first-order valence-electron chi connectivity index (χ1n) is 10.4. The van der Waals surface area contributed by atoms with E-state index in [2.05, 4.69) is 34.4 Å². The van der Waals surface area contributed by atoms with Gasteiger partial charge in [0.2, 0.25) is 0 Å². The molecule has 1 unspecified atom stereocenters. The SMILES string of the molecule is COc1ccc2nc(C3C=CC(NCCCC4CCN(C)CC4)=NC3)[nH]c2c1. The predicted molar refractivity (Wildman–Crippen MR) is 114 cm³/mol. The van der Waals surface area contributed by atoms with Crippen LogP contribution in [0.15, 0.2) is 35.3 Å². The Hall–Kier alpha value is -2.34.